The molecular formula is C17H20FNO. The zero-order chi connectivity index (χ0) is 14.2. The SMILES string of the molecule is CCNCc1cccc(COCc2ccccc2F)c1. The molecule has 0 saturated heterocycles. The normalized spacial score (nSPS) is 10.7. The lowest BCUT2D eigenvalue weighted by Gasteiger charge is -2.08. The zero-order valence-corrected chi connectivity index (χ0v) is 11.7. The van der Waals surface area contributed by atoms with Crippen LogP contribution in [0.15, 0.2) is 48.5 Å². The molecule has 0 spiro atoms. The van der Waals surface area contributed by atoms with E-state index in [1.165, 1.54) is 11.6 Å². The van der Waals surface area contributed by atoms with E-state index in [2.05, 4.69) is 24.4 Å². The monoisotopic (exact) mass is 273 g/mol. The minimum Gasteiger partial charge on any atom is -0.372 e. The van der Waals surface area contributed by atoms with Crippen molar-refractivity contribution in [1.82, 2.24) is 5.32 Å². The van der Waals surface area contributed by atoms with Crippen LogP contribution in [0.25, 0.3) is 0 Å². The maximum Gasteiger partial charge on any atom is 0.128 e. The van der Waals surface area contributed by atoms with Crippen molar-refractivity contribution in [2.24, 2.45) is 0 Å². The summed E-state index contributed by atoms with van der Waals surface area (Å²) in [6.45, 7) is 4.69. The van der Waals surface area contributed by atoms with Gasteiger partial charge in [0.1, 0.15) is 5.82 Å². The number of ether oxygens (including phenoxy) is 1. The van der Waals surface area contributed by atoms with Gasteiger partial charge < -0.3 is 10.1 Å². The van der Waals surface area contributed by atoms with Crippen molar-refractivity contribution in [2.75, 3.05) is 6.54 Å². The number of halogens is 1. The molecule has 0 unspecified atom stereocenters. The van der Waals surface area contributed by atoms with Crippen molar-refractivity contribution in [3.63, 3.8) is 0 Å². The zero-order valence-electron chi connectivity index (χ0n) is 11.7. The second-order valence-corrected chi connectivity index (χ2v) is 4.68. The molecule has 20 heavy (non-hydrogen) atoms. The van der Waals surface area contributed by atoms with Crippen LogP contribution in [0.1, 0.15) is 23.6 Å². The van der Waals surface area contributed by atoms with Crippen LogP contribution in [0, 0.1) is 5.82 Å². The first-order valence-corrected chi connectivity index (χ1v) is 6.89. The molecule has 0 fully saturated rings. The molecule has 0 saturated carbocycles. The Balaban J connectivity index is 1.86. The average molecular weight is 273 g/mol. The lowest BCUT2D eigenvalue weighted by Crippen LogP contribution is -2.11. The van der Waals surface area contributed by atoms with Gasteiger partial charge in [0.25, 0.3) is 0 Å². The molecule has 0 aromatic heterocycles. The highest BCUT2D eigenvalue weighted by molar-refractivity contribution is 5.23. The summed E-state index contributed by atoms with van der Waals surface area (Å²) in [7, 11) is 0. The summed E-state index contributed by atoms with van der Waals surface area (Å²) in [6.07, 6.45) is 0. The maximum absolute atomic E-state index is 13.4. The topological polar surface area (TPSA) is 21.3 Å². The molecule has 0 aliphatic rings. The van der Waals surface area contributed by atoms with E-state index in [0.717, 1.165) is 18.7 Å². The van der Waals surface area contributed by atoms with Gasteiger partial charge in [-0.05, 0) is 23.7 Å². The second-order valence-electron chi connectivity index (χ2n) is 4.68. The van der Waals surface area contributed by atoms with Gasteiger partial charge in [0.15, 0.2) is 0 Å². The standard InChI is InChI=1S/C17H20FNO/c1-2-19-11-14-6-5-7-15(10-14)12-20-13-16-8-3-4-9-17(16)18/h3-10,19H,2,11-13H2,1H3. The first kappa shape index (κ1) is 14.7. The van der Waals surface area contributed by atoms with Crippen LogP contribution in [0.4, 0.5) is 4.39 Å². The van der Waals surface area contributed by atoms with E-state index in [1.807, 2.05) is 18.2 Å². The van der Waals surface area contributed by atoms with Gasteiger partial charge in [-0.3, -0.25) is 0 Å². The molecule has 106 valence electrons. The first-order chi connectivity index (χ1) is 9.79. The Kier molecular flexibility index (Phi) is 5.71. The molecule has 0 bridgehead atoms. The Bertz CT molecular complexity index is 542. The summed E-state index contributed by atoms with van der Waals surface area (Å²) in [5.74, 6) is -0.214. The van der Waals surface area contributed by atoms with E-state index in [4.69, 9.17) is 4.74 Å². The van der Waals surface area contributed by atoms with Crippen molar-refractivity contribution in [2.45, 2.75) is 26.7 Å². The number of hydrogen-bond donors (Lipinski definition) is 1. The summed E-state index contributed by atoms with van der Waals surface area (Å²) in [5, 5.41) is 3.29. The number of hydrogen-bond acceptors (Lipinski definition) is 2. The van der Waals surface area contributed by atoms with Crippen LogP contribution < -0.4 is 5.32 Å². The van der Waals surface area contributed by atoms with Crippen LogP contribution in [0.3, 0.4) is 0 Å². The van der Waals surface area contributed by atoms with Gasteiger partial charge in [0, 0.05) is 12.1 Å². The highest BCUT2D eigenvalue weighted by Crippen LogP contribution is 2.11. The Labute approximate surface area is 119 Å². The third-order valence-electron chi connectivity index (χ3n) is 3.05. The molecule has 2 aromatic carbocycles. The summed E-state index contributed by atoms with van der Waals surface area (Å²) >= 11 is 0. The molecule has 0 aliphatic heterocycles. The highest BCUT2D eigenvalue weighted by atomic mass is 19.1. The minimum atomic E-state index is -0.214. The molecule has 1 N–H and O–H groups in total. The van der Waals surface area contributed by atoms with Crippen LogP contribution in [-0.2, 0) is 24.5 Å². The molecular weight excluding hydrogens is 253 g/mol. The Morgan fingerprint density at radius 2 is 1.80 bits per heavy atom. The summed E-state index contributed by atoms with van der Waals surface area (Å²) in [6, 6.07) is 15.0. The number of rotatable bonds is 7. The van der Waals surface area contributed by atoms with Gasteiger partial charge in [-0.25, -0.2) is 4.39 Å². The molecule has 3 heteroatoms. The largest absolute Gasteiger partial charge is 0.372 e. The van der Waals surface area contributed by atoms with Crippen molar-refractivity contribution in [3.8, 4) is 0 Å². The number of nitrogens with one attached hydrogen (secondary N) is 1. The molecule has 2 nitrogen and oxygen atoms in total. The predicted octanol–water partition coefficient (Wildman–Crippen LogP) is 3.65. The van der Waals surface area contributed by atoms with Crippen molar-refractivity contribution in [3.05, 3.63) is 71.0 Å². The quantitative estimate of drug-likeness (QED) is 0.831. The van der Waals surface area contributed by atoms with Gasteiger partial charge in [0.05, 0.1) is 13.2 Å². The third-order valence-corrected chi connectivity index (χ3v) is 3.05. The Morgan fingerprint density at radius 1 is 1.00 bits per heavy atom. The molecule has 0 aliphatic carbocycles. The fraction of sp³-hybridized carbons (Fsp3) is 0.294. The van der Waals surface area contributed by atoms with Crippen LogP contribution >= 0.6 is 0 Å². The lowest BCUT2D eigenvalue weighted by molar-refractivity contribution is 0.105. The molecule has 0 heterocycles. The number of benzene rings is 2. The average Bonchev–Trinajstić information content (AvgIpc) is 2.48. The molecule has 0 atom stereocenters. The Hall–Kier alpha value is -1.71. The van der Waals surface area contributed by atoms with Gasteiger partial charge in [-0.15, -0.1) is 0 Å². The van der Waals surface area contributed by atoms with E-state index < -0.39 is 0 Å². The third kappa shape index (κ3) is 4.44. The van der Waals surface area contributed by atoms with E-state index >= 15 is 0 Å². The van der Waals surface area contributed by atoms with E-state index in [0.29, 0.717) is 18.8 Å². The summed E-state index contributed by atoms with van der Waals surface area (Å²) in [5.41, 5.74) is 2.94. The fourth-order valence-corrected chi connectivity index (χ4v) is 1.99. The molecule has 0 radical (unpaired) electrons. The smallest absolute Gasteiger partial charge is 0.128 e. The van der Waals surface area contributed by atoms with Crippen LogP contribution in [0.2, 0.25) is 0 Å². The predicted molar refractivity (Wildman–Crippen MR) is 78.7 cm³/mol. The molecule has 0 amide bonds. The molecule has 2 rings (SSSR count). The van der Waals surface area contributed by atoms with Crippen LogP contribution in [-0.4, -0.2) is 6.54 Å². The van der Waals surface area contributed by atoms with E-state index in [-0.39, 0.29) is 5.82 Å². The van der Waals surface area contributed by atoms with Gasteiger partial charge >= 0.3 is 0 Å². The maximum atomic E-state index is 13.4. The van der Waals surface area contributed by atoms with Gasteiger partial charge in [-0.1, -0.05) is 49.4 Å². The summed E-state index contributed by atoms with van der Waals surface area (Å²) < 4.78 is 19.0. The van der Waals surface area contributed by atoms with Gasteiger partial charge in [-0.2, -0.15) is 0 Å². The second kappa shape index (κ2) is 7.78. The van der Waals surface area contributed by atoms with E-state index in [9.17, 15) is 4.39 Å². The minimum absolute atomic E-state index is 0.214. The highest BCUT2D eigenvalue weighted by Gasteiger charge is 2.01. The fourth-order valence-electron chi connectivity index (χ4n) is 1.99. The van der Waals surface area contributed by atoms with E-state index in [1.54, 1.807) is 12.1 Å². The first-order valence-electron chi connectivity index (χ1n) is 6.89. The molecule has 2 aromatic rings. The summed E-state index contributed by atoms with van der Waals surface area (Å²) in [4.78, 5) is 0. The van der Waals surface area contributed by atoms with Gasteiger partial charge in [0.2, 0.25) is 0 Å². The lowest BCUT2D eigenvalue weighted by atomic mass is 10.1. The van der Waals surface area contributed by atoms with Crippen molar-refractivity contribution in [1.29, 1.82) is 0 Å². The Morgan fingerprint density at radius 3 is 2.60 bits per heavy atom. The van der Waals surface area contributed by atoms with Crippen molar-refractivity contribution >= 4 is 0 Å². The van der Waals surface area contributed by atoms with Crippen LogP contribution in [0.5, 0.6) is 0 Å². The van der Waals surface area contributed by atoms with Crippen molar-refractivity contribution < 1.29 is 9.13 Å².